The summed E-state index contributed by atoms with van der Waals surface area (Å²) < 4.78 is 37.2. The predicted octanol–water partition coefficient (Wildman–Crippen LogP) is 2.72. The van der Waals surface area contributed by atoms with E-state index in [9.17, 15) is 13.2 Å². The standard InChI is InChI=1S/C9H9F3IN/c10-9(11,12)8(14)5-6-2-1-3-7(13)4-6/h1-4,8H,5,14H2. The molecule has 1 rings (SSSR count). The quantitative estimate of drug-likeness (QED) is 0.835. The summed E-state index contributed by atoms with van der Waals surface area (Å²) in [5.74, 6) is 0. The van der Waals surface area contributed by atoms with Gasteiger partial charge in [-0.1, -0.05) is 12.1 Å². The van der Waals surface area contributed by atoms with Crippen LogP contribution in [0.15, 0.2) is 24.3 Å². The first kappa shape index (κ1) is 11.8. The molecule has 0 aliphatic heterocycles. The number of halogens is 4. The van der Waals surface area contributed by atoms with Crippen LogP contribution in [-0.4, -0.2) is 12.2 Å². The van der Waals surface area contributed by atoms with Crippen molar-refractivity contribution < 1.29 is 13.2 Å². The van der Waals surface area contributed by atoms with Crippen LogP contribution in [0.3, 0.4) is 0 Å². The maximum absolute atomic E-state index is 12.1. The van der Waals surface area contributed by atoms with E-state index in [-0.39, 0.29) is 6.42 Å². The maximum atomic E-state index is 12.1. The Morgan fingerprint density at radius 2 is 2.00 bits per heavy atom. The molecule has 1 nitrogen and oxygen atoms in total. The van der Waals surface area contributed by atoms with E-state index >= 15 is 0 Å². The number of rotatable bonds is 2. The zero-order valence-electron chi connectivity index (χ0n) is 7.18. The third-order valence-corrected chi connectivity index (χ3v) is 2.44. The monoisotopic (exact) mass is 315 g/mol. The van der Waals surface area contributed by atoms with E-state index in [1.165, 1.54) is 0 Å². The Kier molecular flexibility index (Phi) is 3.77. The van der Waals surface area contributed by atoms with Crippen molar-refractivity contribution in [3.05, 3.63) is 33.4 Å². The summed E-state index contributed by atoms with van der Waals surface area (Å²) in [5.41, 5.74) is 5.62. The summed E-state index contributed by atoms with van der Waals surface area (Å²) in [6.07, 6.45) is -4.48. The largest absolute Gasteiger partial charge is 0.403 e. The lowest BCUT2D eigenvalue weighted by Gasteiger charge is -2.15. The highest BCUT2D eigenvalue weighted by molar-refractivity contribution is 14.1. The molecule has 1 aromatic carbocycles. The molecule has 0 amide bonds. The van der Waals surface area contributed by atoms with Crippen LogP contribution in [0.5, 0.6) is 0 Å². The van der Waals surface area contributed by atoms with Crippen LogP contribution in [0.25, 0.3) is 0 Å². The third kappa shape index (κ3) is 3.45. The minimum atomic E-state index is -4.32. The molecule has 5 heteroatoms. The van der Waals surface area contributed by atoms with Gasteiger partial charge in [-0.2, -0.15) is 13.2 Å². The summed E-state index contributed by atoms with van der Waals surface area (Å²) in [6, 6.07) is 5.12. The van der Waals surface area contributed by atoms with E-state index in [1.54, 1.807) is 18.2 Å². The molecular weight excluding hydrogens is 306 g/mol. The van der Waals surface area contributed by atoms with Crippen molar-refractivity contribution in [2.24, 2.45) is 5.73 Å². The van der Waals surface area contributed by atoms with E-state index in [2.05, 4.69) is 22.6 Å². The second-order valence-electron chi connectivity index (χ2n) is 2.98. The molecule has 1 aromatic rings. The Balaban J connectivity index is 2.70. The van der Waals surface area contributed by atoms with Gasteiger partial charge in [0.1, 0.15) is 6.04 Å². The Bertz CT molecular complexity index is 311. The molecule has 0 aliphatic carbocycles. The Morgan fingerprint density at radius 1 is 1.36 bits per heavy atom. The van der Waals surface area contributed by atoms with E-state index in [4.69, 9.17) is 5.73 Å². The average Bonchev–Trinajstić information content (AvgIpc) is 2.02. The van der Waals surface area contributed by atoms with Crippen molar-refractivity contribution >= 4 is 22.6 Å². The van der Waals surface area contributed by atoms with Crippen molar-refractivity contribution in [3.63, 3.8) is 0 Å². The first-order valence-corrected chi connectivity index (χ1v) is 5.04. The molecule has 0 saturated carbocycles. The molecule has 2 N–H and O–H groups in total. The third-order valence-electron chi connectivity index (χ3n) is 1.77. The van der Waals surface area contributed by atoms with Gasteiger partial charge in [-0.15, -0.1) is 0 Å². The second kappa shape index (κ2) is 4.48. The van der Waals surface area contributed by atoms with Crippen LogP contribution in [0.1, 0.15) is 5.56 Å². The van der Waals surface area contributed by atoms with Crippen molar-refractivity contribution in [1.82, 2.24) is 0 Å². The van der Waals surface area contributed by atoms with E-state index in [0.29, 0.717) is 5.56 Å². The Labute approximate surface area is 93.6 Å². The molecule has 1 unspecified atom stereocenters. The van der Waals surface area contributed by atoms with Gasteiger partial charge in [-0.3, -0.25) is 0 Å². The minimum absolute atomic E-state index is 0.166. The molecule has 0 bridgehead atoms. The molecule has 0 spiro atoms. The Morgan fingerprint density at radius 3 is 2.50 bits per heavy atom. The topological polar surface area (TPSA) is 26.0 Å². The van der Waals surface area contributed by atoms with Crippen molar-refractivity contribution in [1.29, 1.82) is 0 Å². The number of nitrogens with two attached hydrogens (primary N) is 1. The van der Waals surface area contributed by atoms with Gasteiger partial charge in [0.15, 0.2) is 0 Å². The lowest BCUT2D eigenvalue weighted by molar-refractivity contribution is -0.147. The van der Waals surface area contributed by atoms with Crippen LogP contribution in [-0.2, 0) is 6.42 Å². The summed E-state index contributed by atoms with van der Waals surface area (Å²) in [6.45, 7) is 0. The van der Waals surface area contributed by atoms with Gasteiger partial charge >= 0.3 is 6.18 Å². The fourth-order valence-corrected chi connectivity index (χ4v) is 1.64. The van der Waals surface area contributed by atoms with Gasteiger partial charge < -0.3 is 5.73 Å². The lowest BCUT2D eigenvalue weighted by atomic mass is 10.1. The van der Waals surface area contributed by atoms with Gasteiger partial charge in [0.2, 0.25) is 0 Å². The zero-order chi connectivity index (χ0) is 10.8. The Hall–Kier alpha value is -0.300. The smallest absolute Gasteiger partial charge is 0.320 e. The number of alkyl halides is 3. The van der Waals surface area contributed by atoms with Gasteiger partial charge in [0.25, 0.3) is 0 Å². The van der Waals surface area contributed by atoms with Crippen LogP contribution < -0.4 is 5.73 Å². The van der Waals surface area contributed by atoms with Gasteiger partial charge in [-0.05, 0) is 46.7 Å². The summed E-state index contributed by atoms with van der Waals surface area (Å²) in [7, 11) is 0. The summed E-state index contributed by atoms with van der Waals surface area (Å²) in [4.78, 5) is 0. The number of hydrogen-bond acceptors (Lipinski definition) is 1. The maximum Gasteiger partial charge on any atom is 0.403 e. The summed E-state index contributed by atoms with van der Waals surface area (Å²) >= 11 is 2.05. The summed E-state index contributed by atoms with van der Waals surface area (Å²) in [5, 5.41) is 0. The normalized spacial score (nSPS) is 14.1. The van der Waals surface area contributed by atoms with Crippen molar-refractivity contribution in [2.75, 3.05) is 0 Å². The molecular formula is C9H9F3IN. The highest BCUT2D eigenvalue weighted by Crippen LogP contribution is 2.21. The molecule has 78 valence electrons. The van der Waals surface area contributed by atoms with E-state index < -0.39 is 12.2 Å². The highest BCUT2D eigenvalue weighted by atomic mass is 127. The molecule has 0 radical (unpaired) electrons. The second-order valence-corrected chi connectivity index (χ2v) is 4.23. The first-order chi connectivity index (χ1) is 6.39. The first-order valence-electron chi connectivity index (χ1n) is 3.96. The van der Waals surface area contributed by atoms with Crippen LogP contribution >= 0.6 is 22.6 Å². The van der Waals surface area contributed by atoms with Crippen LogP contribution in [0.2, 0.25) is 0 Å². The van der Waals surface area contributed by atoms with Gasteiger partial charge in [0, 0.05) is 3.57 Å². The molecule has 0 heterocycles. The fourth-order valence-electron chi connectivity index (χ4n) is 1.03. The van der Waals surface area contributed by atoms with Crippen molar-refractivity contribution in [3.8, 4) is 0 Å². The van der Waals surface area contributed by atoms with Crippen LogP contribution in [0, 0.1) is 3.57 Å². The zero-order valence-corrected chi connectivity index (χ0v) is 9.34. The molecule has 0 fully saturated rings. The van der Waals surface area contributed by atoms with E-state index in [1.807, 2.05) is 6.07 Å². The van der Waals surface area contributed by atoms with Crippen molar-refractivity contribution in [2.45, 2.75) is 18.6 Å². The average molecular weight is 315 g/mol. The van der Waals surface area contributed by atoms with Gasteiger partial charge in [-0.25, -0.2) is 0 Å². The lowest BCUT2D eigenvalue weighted by Crippen LogP contribution is -2.39. The molecule has 0 aliphatic rings. The van der Waals surface area contributed by atoms with Gasteiger partial charge in [0.05, 0.1) is 0 Å². The van der Waals surface area contributed by atoms with Crippen LogP contribution in [0.4, 0.5) is 13.2 Å². The van der Waals surface area contributed by atoms with E-state index in [0.717, 1.165) is 3.57 Å². The SMILES string of the molecule is NC(Cc1cccc(I)c1)C(F)(F)F. The number of hydrogen-bond donors (Lipinski definition) is 1. The molecule has 1 atom stereocenters. The fraction of sp³-hybridized carbons (Fsp3) is 0.333. The highest BCUT2D eigenvalue weighted by Gasteiger charge is 2.36. The molecule has 0 aromatic heterocycles. The number of benzene rings is 1. The predicted molar refractivity (Wildman–Crippen MR) is 56.9 cm³/mol. The molecule has 14 heavy (non-hydrogen) atoms. The minimum Gasteiger partial charge on any atom is -0.320 e. The molecule has 0 saturated heterocycles.